The van der Waals surface area contributed by atoms with Crippen molar-refractivity contribution in [3.63, 3.8) is 0 Å². The van der Waals surface area contributed by atoms with Gasteiger partial charge >= 0.3 is 0 Å². The van der Waals surface area contributed by atoms with E-state index in [9.17, 15) is 0 Å². The largest absolute Gasteiger partial charge is 0.376 e. The molecule has 2 rings (SSSR count). The second-order valence-electron chi connectivity index (χ2n) is 5.33. The summed E-state index contributed by atoms with van der Waals surface area (Å²) in [5, 5.41) is 4.42. The van der Waals surface area contributed by atoms with Gasteiger partial charge in [-0.25, -0.2) is 4.98 Å². The van der Waals surface area contributed by atoms with Crippen molar-refractivity contribution in [2.45, 2.75) is 52.2 Å². The second kappa shape index (κ2) is 7.96. The number of nitrogens with one attached hydrogen (secondary N) is 1. The van der Waals surface area contributed by atoms with Crippen molar-refractivity contribution in [2.75, 3.05) is 31.6 Å². The van der Waals surface area contributed by atoms with Gasteiger partial charge in [-0.1, -0.05) is 13.8 Å². The van der Waals surface area contributed by atoms with E-state index in [2.05, 4.69) is 24.1 Å². The molecule has 0 saturated carbocycles. The third-order valence-electron chi connectivity index (χ3n) is 3.65. The number of ether oxygens (including phenoxy) is 1. The Kier molecular flexibility index (Phi) is 6.26. The van der Waals surface area contributed by atoms with E-state index < -0.39 is 0 Å². The van der Waals surface area contributed by atoms with Crippen molar-refractivity contribution < 1.29 is 4.74 Å². The molecule has 1 atom stereocenters. The van der Waals surface area contributed by atoms with Gasteiger partial charge in [0.15, 0.2) is 5.13 Å². The first-order chi connectivity index (χ1) is 9.78. The van der Waals surface area contributed by atoms with Crippen LogP contribution in [0.15, 0.2) is 0 Å². The fraction of sp³-hybridized carbons (Fsp3) is 0.800. The first kappa shape index (κ1) is 15.7. The van der Waals surface area contributed by atoms with Crippen LogP contribution in [0.3, 0.4) is 0 Å². The lowest BCUT2D eigenvalue weighted by atomic mass is 10.1. The van der Waals surface area contributed by atoms with Crippen molar-refractivity contribution in [3.05, 3.63) is 10.6 Å². The van der Waals surface area contributed by atoms with Gasteiger partial charge in [0.25, 0.3) is 0 Å². The standard InChI is InChI=1S/C15H27N3OS/c1-4-9-19-12-7-6-8-18(11-12)15-17-13(5-2)14(20-15)10-16-3/h12,16H,4-11H2,1-3H3. The minimum absolute atomic E-state index is 0.380. The highest BCUT2D eigenvalue weighted by atomic mass is 32.1. The van der Waals surface area contributed by atoms with Crippen LogP contribution in [0.4, 0.5) is 5.13 Å². The van der Waals surface area contributed by atoms with Gasteiger partial charge in [-0.15, -0.1) is 11.3 Å². The fourth-order valence-corrected chi connectivity index (χ4v) is 3.81. The van der Waals surface area contributed by atoms with E-state index in [4.69, 9.17) is 9.72 Å². The molecule has 0 aliphatic carbocycles. The number of nitrogens with zero attached hydrogens (tertiary/aromatic N) is 2. The molecule has 1 unspecified atom stereocenters. The number of hydrogen-bond acceptors (Lipinski definition) is 5. The number of aryl methyl sites for hydroxylation is 1. The van der Waals surface area contributed by atoms with Crippen molar-refractivity contribution in [1.29, 1.82) is 0 Å². The Morgan fingerprint density at radius 1 is 1.45 bits per heavy atom. The number of thiazole rings is 1. The second-order valence-corrected chi connectivity index (χ2v) is 6.39. The van der Waals surface area contributed by atoms with E-state index in [1.807, 2.05) is 18.4 Å². The minimum atomic E-state index is 0.380. The van der Waals surface area contributed by atoms with Gasteiger partial charge in [0.05, 0.1) is 11.8 Å². The Hall–Kier alpha value is -0.650. The zero-order valence-corrected chi connectivity index (χ0v) is 13.8. The average Bonchev–Trinajstić information content (AvgIpc) is 2.89. The summed E-state index contributed by atoms with van der Waals surface area (Å²) < 4.78 is 5.92. The molecule has 5 heteroatoms. The van der Waals surface area contributed by atoms with E-state index in [1.165, 1.54) is 28.5 Å². The lowest BCUT2D eigenvalue weighted by molar-refractivity contribution is 0.0440. The molecule has 0 radical (unpaired) electrons. The summed E-state index contributed by atoms with van der Waals surface area (Å²) in [5.74, 6) is 0. The Balaban J connectivity index is 2.02. The molecule has 1 fully saturated rings. The molecule has 1 aliphatic heterocycles. The summed E-state index contributed by atoms with van der Waals surface area (Å²) in [6.07, 6.45) is 4.88. The molecule has 20 heavy (non-hydrogen) atoms. The van der Waals surface area contributed by atoms with Crippen LogP contribution in [-0.4, -0.2) is 37.8 Å². The van der Waals surface area contributed by atoms with Crippen LogP contribution in [0.25, 0.3) is 0 Å². The lowest BCUT2D eigenvalue weighted by Gasteiger charge is -2.32. The highest BCUT2D eigenvalue weighted by Crippen LogP contribution is 2.29. The molecule has 114 valence electrons. The van der Waals surface area contributed by atoms with Crippen LogP contribution in [-0.2, 0) is 17.7 Å². The topological polar surface area (TPSA) is 37.4 Å². The maximum Gasteiger partial charge on any atom is 0.185 e. The Bertz CT molecular complexity index is 408. The quantitative estimate of drug-likeness (QED) is 0.840. The van der Waals surface area contributed by atoms with Gasteiger partial charge in [-0.2, -0.15) is 0 Å². The van der Waals surface area contributed by atoms with E-state index in [-0.39, 0.29) is 0 Å². The van der Waals surface area contributed by atoms with Gasteiger partial charge in [0, 0.05) is 31.1 Å². The van der Waals surface area contributed by atoms with Crippen LogP contribution in [0.2, 0.25) is 0 Å². The number of anilines is 1. The molecule has 1 aliphatic rings. The molecule has 0 amide bonds. The van der Waals surface area contributed by atoms with Gasteiger partial charge < -0.3 is 15.0 Å². The summed E-state index contributed by atoms with van der Waals surface area (Å²) in [4.78, 5) is 8.62. The maximum atomic E-state index is 5.92. The molecule has 1 N–H and O–H groups in total. The molecule has 4 nitrogen and oxygen atoms in total. The van der Waals surface area contributed by atoms with Crippen LogP contribution in [0.5, 0.6) is 0 Å². The van der Waals surface area contributed by atoms with E-state index in [0.717, 1.165) is 39.1 Å². The molecule has 2 heterocycles. The molecular formula is C15H27N3OS. The molecule has 1 saturated heterocycles. The summed E-state index contributed by atoms with van der Waals surface area (Å²) in [5.41, 5.74) is 1.25. The fourth-order valence-electron chi connectivity index (χ4n) is 2.61. The third kappa shape index (κ3) is 3.93. The van der Waals surface area contributed by atoms with Crippen LogP contribution < -0.4 is 10.2 Å². The first-order valence-electron chi connectivity index (χ1n) is 7.78. The minimum Gasteiger partial charge on any atom is -0.376 e. The van der Waals surface area contributed by atoms with Crippen molar-refractivity contribution >= 4 is 16.5 Å². The number of piperidine rings is 1. The van der Waals surface area contributed by atoms with Crippen LogP contribution in [0.1, 0.15) is 43.7 Å². The zero-order valence-electron chi connectivity index (χ0n) is 12.9. The highest BCUT2D eigenvalue weighted by Gasteiger charge is 2.23. The highest BCUT2D eigenvalue weighted by molar-refractivity contribution is 7.15. The summed E-state index contributed by atoms with van der Waals surface area (Å²) >= 11 is 1.84. The average molecular weight is 297 g/mol. The normalized spacial score (nSPS) is 19.6. The molecule has 0 bridgehead atoms. The van der Waals surface area contributed by atoms with Gasteiger partial charge in [0.1, 0.15) is 0 Å². The van der Waals surface area contributed by atoms with E-state index >= 15 is 0 Å². The Labute approximate surface area is 126 Å². The van der Waals surface area contributed by atoms with Crippen molar-refractivity contribution in [1.82, 2.24) is 10.3 Å². The SMILES string of the molecule is CCCOC1CCCN(c2nc(CC)c(CNC)s2)C1. The third-order valence-corrected chi connectivity index (χ3v) is 4.80. The molecular weight excluding hydrogens is 270 g/mol. The van der Waals surface area contributed by atoms with Crippen molar-refractivity contribution in [2.24, 2.45) is 0 Å². The molecule has 0 spiro atoms. The van der Waals surface area contributed by atoms with Crippen LogP contribution >= 0.6 is 11.3 Å². The summed E-state index contributed by atoms with van der Waals surface area (Å²) in [6, 6.07) is 0. The monoisotopic (exact) mass is 297 g/mol. The van der Waals surface area contributed by atoms with Crippen molar-refractivity contribution in [3.8, 4) is 0 Å². The summed E-state index contributed by atoms with van der Waals surface area (Å²) in [6.45, 7) is 8.25. The van der Waals surface area contributed by atoms with Gasteiger partial charge in [0.2, 0.25) is 0 Å². The van der Waals surface area contributed by atoms with E-state index in [0.29, 0.717) is 6.10 Å². The Morgan fingerprint density at radius 2 is 2.30 bits per heavy atom. The molecule has 1 aromatic rings. The number of rotatable bonds is 7. The summed E-state index contributed by atoms with van der Waals surface area (Å²) in [7, 11) is 1.99. The van der Waals surface area contributed by atoms with E-state index in [1.54, 1.807) is 0 Å². The van der Waals surface area contributed by atoms with Gasteiger partial charge in [-0.05, 0) is 32.7 Å². The number of hydrogen-bond donors (Lipinski definition) is 1. The molecule has 1 aromatic heterocycles. The molecule has 0 aromatic carbocycles. The lowest BCUT2D eigenvalue weighted by Crippen LogP contribution is -2.39. The number of aromatic nitrogens is 1. The predicted molar refractivity (Wildman–Crippen MR) is 85.7 cm³/mol. The van der Waals surface area contributed by atoms with Gasteiger partial charge in [-0.3, -0.25) is 0 Å². The predicted octanol–water partition coefficient (Wildman–Crippen LogP) is 2.82. The van der Waals surface area contributed by atoms with Crippen LogP contribution in [0, 0.1) is 0 Å². The maximum absolute atomic E-state index is 5.92. The smallest absolute Gasteiger partial charge is 0.185 e. The zero-order chi connectivity index (χ0) is 14.4. The Morgan fingerprint density at radius 3 is 3.00 bits per heavy atom. The first-order valence-corrected chi connectivity index (χ1v) is 8.59.